The lowest BCUT2D eigenvalue weighted by Gasteiger charge is -2.41. The van der Waals surface area contributed by atoms with Gasteiger partial charge in [0, 0.05) is 42.3 Å². The van der Waals surface area contributed by atoms with Gasteiger partial charge in [0.2, 0.25) is 0 Å². The van der Waals surface area contributed by atoms with Crippen LogP contribution < -0.4 is 4.90 Å². The van der Waals surface area contributed by atoms with Gasteiger partial charge in [0.1, 0.15) is 11.7 Å². The van der Waals surface area contributed by atoms with E-state index in [1.165, 1.54) is 0 Å². The van der Waals surface area contributed by atoms with Gasteiger partial charge in [-0.2, -0.15) is 5.26 Å². The van der Waals surface area contributed by atoms with Crippen molar-refractivity contribution >= 4 is 34.3 Å². The van der Waals surface area contributed by atoms with Crippen molar-refractivity contribution in [3.05, 3.63) is 35.0 Å². The number of pyridine rings is 1. The molecule has 0 saturated carbocycles. The Morgan fingerprint density at radius 2 is 2.11 bits per heavy atom. The third-order valence-electron chi connectivity index (χ3n) is 4.49. The lowest BCUT2D eigenvalue weighted by atomic mass is 10.1. The summed E-state index contributed by atoms with van der Waals surface area (Å²) in [7, 11) is 0. The number of carbonyl (C=O) groups excluding carboxylic acids is 1. The molecule has 1 aliphatic heterocycles. The maximum Gasteiger partial charge on any atom is 0.410 e. The number of hydrogen-bond donors (Lipinski definition) is 0. The molecule has 0 radical (unpaired) electrons. The molecule has 0 N–H and O–H groups in total. The predicted molar refractivity (Wildman–Crippen MR) is 106 cm³/mol. The van der Waals surface area contributed by atoms with Crippen LogP contribution >= 0.6 is 11.6 Å². The Morgan fingerprint density at radius 3 is 2.74 bits per heavy atom. The van der Waals surface area contributed by atoms with E-state index in [2.05, 4.69) is 16.0 Å². The van der Waals surface area contributed by atoms with Gasteiger partial charge in [0.25, 0.3) is 0 Å². The van der Waals surface area contributed by atoms with Gasteiger partial charge in [-0.1, -0.05) is 11.6 Å². The zero-order chi connectivity index (χ0) is 19.8. The number of benzene rings is 1. The smallest absolute Gasteiger partial charge is 0.410 e. The first-order chi connectivity index (χ1) is 12.7. The van der Waals surface area contributed by atoms with Crippen LogP contribution in [0.2, 0.25) is 5.02 Å². The van der Waals surface area contributed by atoms with Gasteiger partial charge < -0.3 is 14.5 Å². The van der Waals surface area contributed by atoms with Crippen LogP contribution in [0.3, 0.4) is 0 Å². The van der Waals surface area contributed by atoms with Crippen LogP contribution in [0.5, 0.6) is 0 Å². The maximum atomic E-state index is 12.5. The van der Waals surface area contributed by atoms with Gasteiger partial charge in [0.05, 0.1) is 16.8 Å². The molecule has 27 heavy (non-hydrogen) atoms. The maximum absolute atomic E-state index is 12.5. The molecule has 1 aromatic heterocycles. The van der Waals surface area contributed by atoms with Crippen LogP contribution in [-0.2, 0) is 4.74 Å². The van der Waals surface area contributed by atoms with Crippen molar-refractivity contribution in [3.63, 3.8) is 0 Å². The summed E-state index contributed by atoms with van der Waals surface area (Å²) in [6.07, 6.45) is 1.29. The summed E-state index contributed by atoms with van der Waals surface area (Å²) in [6, 6.07) is 7.65. The summed E-state index contributed by atoms with van der Waals surface area (Å²) >= 11 is 6.18. The normalized spacial score (nSPS) is 17.7. The van der Waals surface area contributed by atoms with Crippen LogP contribution in [0.4, 0.5) is 10.5 Å². The van der Waals surface area contributed by atoms with E-state index in [-0.39, 0.29) is 12.1 Å². The SMILES string of the molecule is C[C@@H]1CN(c2c(C#N)cnc3ccc(Cl)cc23)CCN1C(=O)OC(C)(C)C. The summed E-state index contributed by atoms with van der Waals surface area (Å²) in [6.45, 7) is 9.28. The van der Waals surface area contributed by atoms with E-state index in [0.717, 1.165) is 16.6 Å². The third-order valence-corrected chi connectivity index (χ3v) is 4.73. The van der Waals surface area contributed by atoms with Crippen molar-refractivity contribution in [3.8, 4) is 6.07 Å². The fourth-order valence-electron chi connectivity index (χ4n) is 3.33. The number of halogens is 1. The fraction of sp³-hybridized carbons (Fsp3) is 0.450. The number of rotatable bonds is 1. The van der Waals surface area contributed by atoms with Crippen molar-refractivity contribution < 1.29 is 9.53 Å². The molecule has 1 atom stereocenters. The number of amides is 1. The highest BCUT2D eigenvalue weighted by molar-refractivity contribution is 6.31. The molecule has 6 nitrogen and oxygen atoms in total. The Labute approximate surface area is 164 Å². The summed E-state index contributed by atoms with van der Waals surface area (Å²) in [4.78, 5) is 20.7. The Balaban J connectivity index is 1.90. The number of ether oxygens (including phenoxy) is 1. The van der Waals surface area contributed by atoms with E-state index in [0.29, 0.717) is 30.2 Å². The van der Waals surface area contributed by atoms with Gasteiger partial charge in [-0.15, -0.1) is 0 Å². The Kier molecular flexibility index (Phi) is 5.16. The van der Waals surface area contributed by atoms with Crippen LogP contribution in [0.25, 0.3) is 10.9 Å². The molecule has 1 amide bonds. The molecule has 2 heterocycles. The number of carbonyl (C=O) groups is 1. The molecule has 1 saturated heterocycles. The molecule has 1 fully saturated rings. The first kappa shape index (κ1) is 19.2. The van der Waals surface area contributed by atoms with Crippen LogP contribution in [0.15, 0.2) is 24.4 Å². The second-order valence-electron chi connectivity index (χ2n) is 7.76. The molecule has 1 aliphatic rings. The van der Waals surface area contributed by atoms with Gasteiger partial charge in [-0.05, 0) is 45.9 Å². The van der Waals surface area contributed by atoms with Crippen LogP contribution in [0, 0.1) is 11.3 Å². The van der Waals surface area contributed by atoms with E-state index in [1.807, 2.05) is 39.8 Å². The summed E-state index contributed by atoms with van der Waals surface area (Å²) in [5.74, 6) is 0. The van der Waals surface area contributed by atoms with Crippen molar-refractivity contribution in [1.82, 2.24) is 9.88 Å². The highest BCUT2D eigenvalue weighted by Crippen LogP contribution is 2.33. The predicted octanol–water partition coefficient (Wildman–Crippen LogP) is 4.21. The lowest BCUT2D eigenvalue weighted by Crippen LogP contribution is -2.55. The second-order valence-corrected chi connectivity index (χ2v) is 8.20. The molecule has 1 aromatic carbocycles. The highest BCUT2D eigenvalue weighted by Gasteiger charge is 2.32. The van der Waals surface area contributed by atoms with Crippen molar-refractivity contribution in [2.75, 3.05) is 24.5 Å². The molecule has 2 aromatic rings. The van der Waals surface area contributed by atoms with E-state index >= 15 is 0 Å². The Hall–Kier alpha value is -2.52. The molecule has 3 rings (SSSR count). The van der Waals surface area contributed by atoms with Crippen molar-refractivity contribution in [2.24, 2.45) is 0 Å². The Morgan fingerprint density at radius 1 is 1.37 bits per heavy atom. The standard InChI is InChI=1S/C20H23ClN4O2/c1-13-12-24(7-8-25(13)19(26)27-20(2,3)4)18-14(10-22)11-23-17-6-5-15(21)9-16(17)18/h5-6,9,11,13H,7-8,12H2,1-4H3/t13-/m1/s1. The van der Waals surface area contributed by atoms with E-state index in [1.54, 1.807) is 17.2 Å². The first-order valence-electron chi connectivity index (χ1n) is 8.92. The molecule has 7 heteroatoms. The topological polar surface area (TPSA) is 69.5 Å². The monoisotopic (exact) mass is 386 g/mol. The average molecular weight is 387 g/mol. The number of anilines is 1. The number of hydrogen-bond acceptors (Lipinski definition) is 5. The van der Waals surface area contributed by atoms with Gasteiger partial charge >= 0.3 is 6.09 Å². The van der Waals surface area contributed by atoms with Crippen molar-refractivity contribution in [2.45, 2.75) is 39.3 Å². The fourth-order valence-corrected chi connectivity index (χ4v) is 3.50. The minimum absolute atomic E-state index is 0.0532. The molecule has 0 bridgehead atoms. The quantitative estimate of drug-likeness (QED) is 0.734. The number of nitrogens with zero attached hydrogens (tertiary/aromatic N) is 4. The van der Waals surface area contributed by atoms with E-state index < -0.39 is 5.60 Å². The zero-order valence-electron chi connectivity index (χ0n) is 16.0. The van der Waals surface area contributed by atoms with Gasteiger partial charge in [-0.25, -0.2) is 4.79 Å². The molecule has 0 aliphatic carbocycles. The molecular weight excluding hydrogens is 364 g/mol. The third kappa shape index (κ3) is 4.09. The number of piperazine rings is 1. The second kappa shape index (κ2) is 7.24. The lowest BCUT2D eigenvalue weighted by molar-refractivity contribution is 0.0159. The van der Waals surface area contributed by atoms with Crippen LogP contribution in [-0.4, -0.2) is 47.3 Å². The molecule has 142 valence electrons. The van der Waals surface area contributed by atoms with Gasteiger partial charge in [-0.3, -0.25) is 4.98 Å². The minimum Gasteiger partial charge on any atom is -0.444 e. The number of fused-ring (bicyclic) bond motifs is 1. The van der Waals surface area contributed by atoms with E-state index in [4.69, 9.17) is 16.3 Å². The van der Waals surface area contributed by atoms with Crippen LogP contribution in [0.1, 0.15) is 33.3 Å². The molecule has 0 unspecified atom stereocenters. The summed E-state index contributed by atoms with van der Waals surface area (Å²) in [5, 5.41) is 11.0. The number of aromatic nitrogens is 1. The summed E-state index contributed by atoms with van der Waals surface area (Å²) < 4.78 is 5.51. The first-order valence-corrected chi connectivity index (χ1v) is 9.30. The summed E-state index contributed by atoms with van der Waals surface area (Å²) in [5.41, 5.74) is 1.58. The number of nitriles is 1. The highest BCUT2D eigenvalue weighted by atomic mass is 35.5. The van der Waals surface area contributed by atoms with Gasteiger partial charge in [0.15, 0.2) is 0 Å². The minimum atomic E-state index is -0.528. The Bertz CT molecular complexity index is 917. The van der Waals surface area contributed by atoms with E-state index in [9.17, 15) is 10.1 Å². The zero-order valence-corrected chi connectivity index (χ0v) is 16.7. The van der Waals surface area contributed by atoms with Crippen molar-refractivity contribution in [1.29, 1.82) is 5.26 Å². The molecule has 0 spiro atoms. The molecular formula is C20H23ClN4O2. The largest absolute Gasteiger partial charge is 0.444 e. The average Bonchev–Trinajstić information content (AvgIpc) is 2.58.